The van der Waals surface area contributed by atoms with Gasteiger partial charge in [0.25, 0.3) is 5.91 Å². The van der Waals surface area contributed by atoms with E-state index in [1.54, 1.807) is 4.90 Å². The van der Waals surface area contributed by atoms with Gasteiger partial charge < -0.3 is 29.6 Å². The average Bonchev–Trinajstić information content (AvgIpc) is 3.24. The summed E-state index contributed by atoms with van der Waals surface area (Å²) < 4.78 is 6.70. The SMILES string of the molecule is CCN(CC)c1ccc2c(c1)Oc1cc(N(CC)CC)ccc1C21c2ccccc2C(=O)N1CCN(CC(=O)O)CC(=O)O. The van der Waals surface area contributed by atoms with E-state index < -0.39 is 30.6 Å². The zero-order chi connectivity index (χ0) is 31.6. The molecule has 3 aromatic rings. The first kappa shape index (κ1) is 30.9. The highest BCUT2D eigenvalue weighted by Crippen LogP contribution is 2.58. The lowest BCUT2D eigenvalue weighted by atomic mass is 9.74. The van der Waals surface area contributed by atoms with Crippen LogP contribution in [0.1, 0.15) is 54.7 Å². The fraction of sp³-hybridized carbons (Fsp3) is 0.382. The van der Waals surface area contributed by atoms with Crippen molar-refractivity contribution in [1.82, 2.24) is 9.80 Å². The van der Waals surface area contributed by atoms with Gasteiger partial charge in [-0.05, 0) is 51.5 Å². The number of aliphatic carboxylic acids is 2. The minimum absolute atomic E-state index is 0.0562. The molecule has 1 spiro atoms. The van der Waals surface area contributed by atoms with Gasteiger partial charge in [-0.1, -0.05) is 30.3 Å². The number of fused-ring (bicyclic) bond motifs is 6. The van der Waals surface area contributed by atoms with Crippen LogP contribution in [0.25, 0.3) is 0 Å². The van der Waals surface area contributed by atoms with E-state index in [2.05, 4.69) is 49.6 Å². The highest BCUT2D eigenvalue weighted by atomic mass is 16.5. The van der Waals surface area contributed by atoms with Gasteiger partial charge in [0.1, 0.15) is 17.0 Å². The van der Waals surface area contributed by atoms with E-state index in [0.29, 0.717) is 17.1 Å². The second kappa shape index (κ2) is 12.6. The number of benzene rings is 3. The first-order valence-corrected chi connectivity index (χ1v) is 15.2. The van der Waals surface area contributed by atoms with E-state index >= 15 is 0 Å². The van der Waals surface area contributed by atoms with Crippen molar-refractivity contribution in [3.05, 3.63) is 82.9 Å². The highest BCUT2D eigenvalue weighted by Gasteiger charge is 2.56. The predicted octanol–water partition coefficient (Wildman–Crippen LogP) is 4.70. The number of ether oxygens (including phenoxy) is 1. The van der Waals surface area contributed by atoms with Crippen LogP contribution < -0.4 is 14.5 Å². The maximum Gasteiger partial charge on any atom is 0.317 e. The van der Waals surface area contributed by atoms with E-state index in [1.807, 2.05) is 48.5 Å². The first-order valence-electron chi connectivity index (χ1n) is 15.2. The van der Waals surface area contributed by atoms with Gasteiger partial charge in [0.2, 0.25) is 0 Å². The van der Waals surface area contributed by atoms with Crippen LogP contribution in [0.2, 0.25) is 0 Å². The molecular formula is C34H40N4O6. The van der Waals surface area contributed by atoms with E-state index in [9.17, 15) is 24.6 Å². The summed E-state index contributed by atoms with van der Waals surface area (Å²) in [7, 11) is 0. The van der Waals surface area contributed by atoms with Crippen LogP contribution in [0.3, 0.4) is 0 Å². The topological polar surface area (TPSA) is 114 Å². The Morgan fingerprint density at radius 2 is 1.25 bits per heavy atom. The van der Waals surface area contributed by atoms with E-state index in [0.717, 1.165) is 54.2 Å². The van der Waals surface area contributed by atoms with Gasteiger partial charge in [0.05, 0.1) is 13.1 Å². The molecule has 5 rings (SSSR count). The summed E-state index contributed by atoms with van der Waals surface area (Å²) in [6.45, 7) is 10.9. The third-order valence-electron chi connectivity index (χ3n) is 8.74. The summed E-state index contributed by atoms with van der Waals surface area (Å²) in [5, 5.41) is 18.9. The molecule has 0 fully saturated rings. The van der Waals surface area contributed by atoms with Crippen LogP contribution in [-0.2, 0) is 15.1 Å². The molecule has 1 amide bonds. The maximum absolute atomic E-state index is 14.3. The fourth-order valence-corrected chi connectivity index (χ4v) is 6.74. The maximum atomic E-state index is 14.3. The van der Waals surface area contributed by atoms with Gasteiger partial charge in [-0.3, -0.25) is 19.3 Å². The van der Waals surface area contributed by atoms with Crippen LogP contribution in [-0.4, -0.2) is 90.2 Å². The molecule has 232 valence electrons. The zero-order valence-corrected chi connectivity index (χ0v) is 25.7. The van der Waals surface area contributed by atoms with Crippen LogP contribution in [0, 0.1) is 0 Å². The van der Waals surface area contributed by atoms with Crippen LogP contribution in [0.4, 0.5) is 11.4 Å². The zero-order valence-electron chi connectivity index (χ0n) is 25.7. The summed E-state index contributed by atoms with van der Waals surface area (Å²) in [5.74, 6) is -1.19. The molecule has 10 heteroatoms. The Morgan fingerprint density at radius 3 is 1.73 bits per heavy atom. The van der Waals surface area contributed by atoms with Crippen molar-refractivity contribution in [2.24, 2.45) is 0 Å². The Kier molecular flexibility index (Phi) is 8.82. The quantitative estimate of drug-likeness (QED) is 0.288. The molecule has 0 saturated carbocycles. The number of hydrogen-bond donors (Lipinski definition) is 2. The molecule has 44 heavy (non-hydrogen) atoms. The van der Waals surface area contributed by atoms with Gasteiger partial charge in [0, 0.05) is 79.5 Å². The van der Waals surface area contributed by atoms with Gasteiger partial charge >= 0.3 is 11.9 Å². The first-order chi connectivity index (χ1) is 21.2. The number of nitrogens with zero attached hydrogens (tertiary/aromatic N) is 4. The number of hydrogen-bond acceptors (Lipinski definition) is 7. The molecule has 0 aromatic heterocycles. The number of anilines is 2. The Balaban J connectivity index is 1.74. The second-order valence-electron chi connectivity index (χ2n) is 11.0. The van der Waals surface area contributed by atoms with E-state index in [1.165, 1.54) is 4.90 Å². The van der Waals surface area contributed by atoms with E-state index in [4.69, 9.17) is 4.74 Å². The third kappa shape index (κ3) is 5.23. The van der Waals surface area contributed by atoms with Crippen LogP contribution in [0.5, 0.6) is 11.5 Å². The van der Waals surface area contributed by atoms with Gasteiger partial charge in [-0.2, -0.15) is 0 Å². The smallest absolute Gasteiger partial charge is 0.317 e. The molecule has 0 unspecified atom stereocenters. The van der Waals surface area contributed by atoms with Gasteiger partial charge in [0.15, 0.2) is 0 Å². The van der Waals surface area contributed by atoms with Gasteiger partial charge in [-0.25, -0.2) is 0 Å². The molecule has 0 aliphatic carbocycles. The van der Waals surface area contributed by atoms with Crippen LogP contribution in [0.15, 0.2) is 60.7 Å². The van der Waals surface area contributed by atoms with E-state index in [-0.39, 0.29) is 19.0 Å². The van der Waals surface area contributed by atoms with Crippen molar-refractivity contribution in [3.8, 4) is 11.5 Å². The Morgan fingerprint density at radius 1 is 0.750 bits per heavy atom. The van der Waals surface area contributed by atoms with Crippen molar-refractivity contribution in [2.75, 3.05) is 62.2 Å². The third-order valence-corrected chi connectivity index (χ3v) is 8.74. The fourth-order valence-electron chi connectivity index (χ4n) is 6.74. The highest BCUT2D eigenvalue weighted by molar-refractivity contribution is 6.02. The second-order valence-corrected chi connectivity index (χ2v) is 11.0. The summed E-state index contributed by atoms with van der Waals surface area (Å²) in [6, 6.07) is 19.8. The number of rotatable bonds is 13. The largest absolute Gasteiger partial charge is 0.480 e. The number of carbonyl (C=O) groups is 3. The monoisotopic (exact) mass is 600 g/mol. The molecule has 3 aromatic carbocycles. The normalized spacial score (nSPS) is 14.2. The molecular weight excluding hydrogens is 560 g/mol. The van der Waals surface area contributed by atoms with Crippen molar-refractivity contribution in [1.29, 1.82) is 0 Å². The molecule has 2 N–H and O–H groups in total. The summed E-state index contributed by atoms with van der Waals surface area (Å²) in [6.07, 6.45) is 0. The van der Waals surface area contributed by atoms with Crippen molar-refractivity contribution in [3.63, 3.8) is 0 Å². The Bertz CT molecular complexity index is 1490. The molecule has 0 atom stereocenters. The number of amides is 1. The Labute approximate surface area is 258 Å². The molecule has 2 aliphatic heterocycles. The van der Waals surface area contributed by atoms with Crippen molar-refractivity contribution < 1.29 is 29.3 Å². The molecule has 2 aliphatic rings. The predicted molar refractivity (Wildman–Crippen MR) is 169 cm³/mol. The lowest BCUT2D eigenvalue weighted by Crippen LogP contribution is -2.50. The lowest BCUT2D eigenvalue weighted by Gasteiger charge is -2.45. The number of carboxylic acids is 2. The van der Waals surface area contributed by atoms with Crippen molar-refractivity contribution >= 4 is 29.2 Å². The number of carboxylic acid groups (broad SMARTS) is 2. The standard InChI is InChI=1S/C34H40N4O6/c1-5-36(6-2)23-13-15-27-29(19-23)44-30-20-24(37(7-3)8-4)14-16-28(30)34(27)26-12-10-9-11-25(26)33(43)38(34)18-17-35(21-31(39)40)22-32(41)42/h9-16,19-20H,5-8,17-18,21-22H2,1-4H3,(H,39,40)(H,41,42). The summed E-state index contributed by atoms with van der Waals surface area (Å²) in [4.78, 5) is 45.0. The average molecular weight is 601 g/mol. The molecule has 2 heterocycles. The van der Waals surface area contributed by atoms with Crippen LogP contribution >= 0.6 is 0 Å². The molecule has 0 radical (unpaired) electrons. The summed E-state index contributed by atoms with van der Waals surface area (Å²) >= 11 is 0. The minimum Gasteiger partial charge on any atom is -0.480 e. The Hall–Kier alpha value is -4.57. The molecule has 0 saturated heterocycles. The summed E-state index contributed by atoms with van der Waals surface area (Å²) in [5.41, 5.74) is 3.91. The van der Waals surface area contributed by atoms with Gasteiger partial charge in [-0.15, -0.1) is 0 Å². The minimum atomic E-state index is -1.13. The molecule has 0 bridgehead atoms. The molecule has 10 nitrogen and oxygen atoms in total. The lowest BCUT2D eigenvalue weighted by molar-refractivity contribution is -0.141. The number of carbonyl (C=O) groups excluding carboxylic acids is 1. The van der Waals surface area contributed by atoms with Crippen molar-refractivity contribution in [2.45, 2.75) is 33.2 Å².